The van der Waals surface area contributed by atoms with Crippen LogP contribution >= 0.6 is 0 Å². The first-order valence-corrected chi connectivity index (χ1v) is 7.59. The van der Waals surface area contributed by atoms with Crippen molar-refractivity contribution < 1.29 is 14.3 Å². The van der Waals surface area contributed by atoms with E-state index in [1.807, 2.05) is 4.90 Å². The van der Waals surface area contributed by atoms with E-state index >= 15 is 0 Å². The molecule has 2 amide bonds. The number of nitrogens with two attached hydrogens (primary N) is 1. The molecule has 3 aliphatic heterocycles. The van der Waals surface area contributed by atoms with Crippen LogP contribution in [0.25, 0.3) is 0 Å². The van der Waals surface area contributed by atoms with Crippen LogP contribution in [0.2, 0.25) is 0 Å². The molecule has 0 bridgehead atoms. The highest BCUT2D eigenvalue weighted by molar-refractivity contribution is 5.95. The molecule has 1 aromatic heterocycles. The fraction of sp³-hybridized carbons (Fsp3) is 0.533. The van der Waals surface area contributed by atoms with Gasteiger partial charge >= 0.3 is 0 Å². The average Bonchev–Trinajstić information content (AvgIpc) is 3.00. The van der Waals surface area contributed by atoms with Crippen LogP contribution in [-0.2, 0) is 9.53 Å². The molecule has 116 valence electrons. The lowest BCUT2D eigenvalue weighted by Crippen LogP contribution is -2.56. The van der Waals surface area contributed by atoms with E-state index in [4.69, 9.17) is 10.5 Å². The number of anilines is 1. The molecular formula is C15H18N4O3. The normalized spacial score (nSPS) is 30.4. The number of ether oxygens (including phenoxy) is 1. The van der Waals surface area contributed by atoms with Crippen molar-refractivity contribution in [1.29, 1.82) is 0 Å². The summed E-state index contributed by atoms with van der Waals surface area (Å²) in [6.45, 7) is 1.96. The number of rotatable bonds is 1. The van der Waals surface area contributed by atoms with E-state index in [1.54, 1.807) is 17.0 Å². The minimum absolute atomic E-state index is 0.0811. The van der Waals surface area contributed by atoms with Gasteiger partial charge < -0.3 is 20.3 Å². The van der Waals surface area contributed by atoms with Gasteiger partial charge in [0.2, 0.25) is 5.91 Å². The number of pyridine rings is 1. The molecule has 1 aromatic rings. The Labute approximate surface area is 128 Å². The summed E-state index contributed by atoms with van der Waals surface area (Å²) in [5.74, 6) is 0.350. The summed E-state index contributed by atoms with van der Waals surface area (Å²) in [7, 11) is 0. The SMILES string of the molecule is Nc1ccc(C(=O)N2CC[C@@]34OCCCN3C(=O)C[C@@H]24)cn1. The largest absolute Gasteiger partial charge is 0.384 e. The van der Waals surface area contributed by atoms with Gasteiger partial charge in [0.1, 0.15) is 5.82 Å². The van der Waals surface area contributed by atoms with Crippen LogP contribution in [0.3, 0.4) is 0 Å². The minimum Gasteiger partial charge on any atom is -0.384 e. The predicted octanol–water partition coefficient (Wildman–Crippen LogP) is 0.227. The molecule has 2 N–H and O–H groups in total. The third-order valence-electron chi connectivity index (χ3n) is 4.91. The Morgan fingerprint density at radius 3 is 3.05 bits per heavy atom. The molecule has 4 rings (SSSR count). The molecule has 0 unspecified atom stereocenters. The Morgan fingerprint density at radius 2 is 2.27 bits per heavy atom. The van der Waals surface area contributed by atoms with Crippen molar-refractivity contribution in [3.05, 3.63) is 23.9 Å². The van der Waals surface area contributed by atoms with E-state index in [2.05, 4.69) is 4.98 Å². The average molecular weight is 302 g/mol. The zero-order valence-electron chi connectivity index (χ0n) is 12.2. The maximum atomic E-state index is 12.7. The first-order chi connectivity index (χ1) is 10.6. The van der Waals surface area contributed by atoms with Crippen molar-refractivity contribution in [2.45, 2.75) is 31.0 Å². The molecular weight excluding hydrogens is 284 g/mol. The van der Waals surface area contributed by atoms with Gasteiger partial charge in [-0.25, -0.2) is 4.98 Å². The van der Waals surface area contributed by atoms with Crippen molar-refractivity contribution >= 4 is 17.6 Å². The topological polar surface area (TPSA) is 88.8 Å². The van der Waals surface area contributed by atoms with E-state index in [0.717, 1.165) is 13.0 Å². The summed E-state index contributed by atoms with van der Waals surface area (Å²) < 4.78 is 5.99. The number of likely N-dealkylation sites (tertiary alicyclic amines) is 1. The number of amides is 2. The maximum Gasteiger partial charge on any atom is 0.255 e. The Kier molecular flexibility index (Phi) is 2.87. The highest BCUT2D eigenvalue weighted by atomic mass is 16.5. The third-order valence-corrected chi connectivity index (χ3v) is 4.91. The molecule has 7 heteroatoms. The van der Waals surface area contributed by atoms with Gasteiger partial charge in [0, 0.05) is 25.7 Å². The fourth-order valence-electron chi connectivity index (χ4n) is 3.89. The first-order valence-electron chi connectivity index (χ1n) is 7.59. The maximum absolute atomic E-state index is 12.7. The fourth-order valence-corrected chi connectivity index (χ4v) is 3.89. The number of carbonyl (C=O) groups is 2. The summed E-state index contributed by atoms with van der Waals surface area (Å²) in [4.78, 5) is 32.5. The second-order valence-electron chi connectivity index (χ2n) is 6.03. The molecule has 3 aliphatic rings. The Bertz CT molecular complexity index is 632. The molecule has 0 aromatic carbocycles. The number of nitrogen functional groups attached to an aromatic ring is 1. The quantitative estimate of drug-likeness (QED) is 0.802. The van der Waals surface area contributed by atoms with Crippen LogP contribution in [-0.4, -0.2) is 58.1 Å². The van der Waals surface area contributed by atoms with Gasteiger partial charge in [-0.2, -0.15) is 0 Å². The number of carbonyl (C=O) groups excluding carboxylic acids is 2. The summed E-state index contributed by atoms with van der Waals surface area (Å²) in [5, 5.41) is 0. The van der Waals surface area contributed by atoms with Crippen LogP contribution in [0.1, 0.15) is 29.6 Å². The van der Waals surface area contributed by atoms with Crippen molar-refractivity contribution in [3.8, 4) is 0 Å². The molecule has 1 spiro atoms. The molecule has 0 saturated carbocycles. The summed E-state index contributed by atoms with van der Waals surface area (Å²) in [6.07, 6.45) is 3.36. The predicted molar refractivity (Wildman–Crippen MR) is 77.7 cm³/mol. The summed E-state index contributed by atoms with van der Waals surface area (Å²) in [5.41, 5.74) is 5.45. The van der Waals surface area contributed by atoms with Crippen LogP contribution in [0.15, 0.2) is 18.3 Å². The summed E-state index contributed by atoms with van der Waals surface area (Å²) in [6, 6.07) is 3.08. The van der Waals surface area contributed by atoms with E-state index in [1.165, 1.54) is 6.20 Å². The Balaban J connectivity index is 1.63. The van der Waals surface area contributed by atoms with Crippen LogP contribution in [0.5, 0.6) is 0 Å². The van der Waals surface area contributed by atoms with Gasteiger partial charge in [0.25, 0.3) is 5.91 Å². The van der Waals surface area contributed by atoms with Crippen molar-refractivity contribution in [2.75, 3.05) is 25.4 Å². The van der Waals surface area contributed by atoms with Gasteiger partial charge in [-0.15, -0.1) is 0 Å². The smallest absolute Gasteiger partial charge is 0.255 e. The molecule has 3 saturated heterocycles. The highest BCUT2D eigenvalue weighted by Crippen LogP contribution is 2.45. The number of nitrogens with zero attached hydrogens (tertiary/aromatic N) is 3. The highest BCUT2D eigenvalue weighted by Gasteiger charge is 2.61. The molecule has 0 aliphatic carbocycles. The second-order valence-corrected chi connectivity index (χ2v) is 6.03. The van der Waals surface area contributed by atoms with Gasteiger partial charge in [0.15, 0.2) is 5.72 Å². The van der Waals surface area contributed by atoms with Crippen LogP contribution in [0.4, 0.5) is 5.82 Å². The lowest BCUT2D eigenvalue weighted by molar-refractivity contribution is -0.179. The summed E-state index contributed by atoms with van der Waals surface area (Å²) >= 11 is 0. The van der Waals surface area contributed by atoms with E-state index in [-0.39, 0.29) is 17.9 Å². The van der Waals surface area contributed by atoms with Gasteiger partial charge in [-0.05, 0) is 18.6 Å². The molecule has 4 heterocycles. The van der Waals surface area contributed by atoms with E-state index in [9.17, 15) is 9.59 Å². The minimum atomic E-state index is -0.605. The van der Waals surface area contributed by atoms with E-state index in [0.29, 0.717) is 37.4 Å². The lowest BCUT2D eigenvalue weighted by Gasteiger charge is -2.42. The number of hydrogen-bond donors (Lipinski definition) is 1. The Hall–Kier alpha value is -2.15. The van der Waals surface area contributed by atoms with Gasteiger partial charge in [-0.3, -0.25) is 9.59 Å². The third kappa shape index (κ3) is 1.75. The number of hydrogen-bond acceptors (Lipinski definition) is 5. The monoisotopic (exact) mass is 302 g/mol. The Morgan fingerprint density at radius 1 is 1.41 bits per heavy atom. The van der Waals surface area contributed by atoms with Crippen molar-refractivity contribution in [2.24, 2.45) is 0 Å². The molecule has 2 atom stereocenters. The van der Waals surface area contributed by atoms with Crippen LogP contribution < -0.4 is 5.73 Å². The second kappa shape index (κ2) is 4.67. The molecule has 7 nitrogen and oxygen atoms in total. The zero-order chi connectivity index (χ0) is 15.3. The van der Waals surface area contributed by atoms with Crippen molar-refractivity contribution in [1.82, 2.24) is 14.8 Å². The van der Waals surface area contributed by atoms with Gasteiger partial charge in [-0.1, -0.05) is 0 Å². The molecule has 3 fully saturated rings. The zero-order valence-corrected chi connectivity index (χ0v) is 12.2. The van der Waals surface area contributed by atoms with E-state index < -0.39 is 5.72 Å². The molecule has 22 heavy (non-hydrogen) atoms. The lowest BCUT2D eigenvalue weighted by atomic mass is 10.0. The van der Waals surface area contributed by atoms with Gasteiger partial charge in [0.05, 0.1) is 24.6 Å². The standard InChI is InChI=1S/C15H18N4O3/c16-12-3-2-10(9-17-12)14(21)18-6-4-15-11(18)8-13(20)19(15)5-1-7-22-15/h2-3,9,11H,1,4-8H2,(H2,16,17)/t11-,15+/m1/s1. The van der Waals surface area contributed by atoms with Crippen LogP contribution in [0, 0.1) is 0 Å². The number of aromatic nitrogens is 1. The van der Waals surface area contributed by atoms with Crippen molar-refractivity contribution in [3.63, 3.8) is 0 Å². The first kappa shape index (κ1) is 13.5. The molecule has 0 radical (unpaired) electrons.